The Balaban J connectivity index is 1.88. The molecule has 1 unspecified atom stereocenters. The van der Waals surface area contributed by atoms with Gasteiger partial charge in [-0.2, -0.15) is 0 Å². The van der Waals surface area contributed by atoms with Gasteiger partial charge in [-0.15, -0.1) is 0 Å². The van der Waals surface area contributed by atoms with Crippen LogP contribution >= 0.6 is 0 Å². The molecule has 0 spiro atoms. The molecule has 2 rings (SSSR count). The van der Waals surface area contributed by atoms with E-state index in [2.05, 4.69) is 16.0 Å². The van der Waals surface area contributed by atoms with E-state index in [9.17, 15) is 14.4 Å². The Bertz CT molecular complexity index is 809. The minimum Gasteiger partial charge on any atom is -0.335 e. The number of likely N-dealkylation sites (N-methyl/N-ethyl adjacent to an activating group) is 1. The van der Waals surface area contributed by atoms with Crippen molar-refractivity contribution < 1.29 is 14.4 Å². The number of hydrogen-bond donors (Lipinski definition) is 3. The summed E-state index contributed by atoms with van der Waals surface area (Å²) >= 11 is 0. The summed E-state index contributed by atoms with van der Waals surface area (Å²) in [6.45, 7) is 3.95. The molecule has 3 N–H and O–H groups in total. The molecule has 1 atom stereocenters. The quantitative estimate of drug-likeness (QED) is 0.641. The van der Waals surface area contributed by atoms with Gasteiger partial charge in [-0.25, -0.2) is 4.79 Å². The molecule has 7 heteroatoms. The topological polar surface area (TPSA) is 90.5 Å². The lowest BCUT2D eigenvalue weighted by atomic mass is 10.0. The molecule has 0 fully saturated rings. The molecule has 7 nitrogen and oxygen atoms in total. The van der Waals surface area contributed by atoms with Gasteiger partial charge in [0, 0.05) is 19.3 Å². The fourth-order valence-corrected chi connectivity index (χ4v) is 2.74. The lowest BCUT2D eigenvalue weighted by Gasteiger charge is -2.26. The fraction of sp³-hybridized carbons (Fsp3) is 0.318. The zero-order chi connectivity index (χ0) is 21.2. The van der Waals surface area contributed by atoms with Gasteiger partial charge in [-0.1, -0.05) is 62.4 Å². The van der Waals surface area contributed by atoms with Crippen LogP contribution in [0.2, 0.25) is 0 Å². The van der Waals surface area contributed by atoms with Gasteiger partial charge in [-0.05, 0) is 23.6 Å². The van der Waals surface area contributed by atoms with Crippen molar-refractivity contribution >= 4 is 23.5 Å². The summed E-state index contributed by atoms with van der Waals surface area (Å²) < 4.78 is 0. The number of rotatable bonds is 8. The molecule has 29 heavy (non-hydrogen) atoms. The predicted octanol–water partition coefficient (Wildman–Crippen LogP) is 2.61. The van der Waals surface area contributed by atoms with Crippen LogP contribution in [-0.2, 0) is 16.1 Å². The lowest BCUT2D eigenvalue weighted by molar-refractivity contribution is -0.135. The summed E-state index contributed by atoms with van der Waals surface area (Å²) in [6.07, 6.45) is 0. The number of nitrogens with one attached hydrogen (secondary N) is 3. The van der Waals surface area contributed by atoms with Crippen molar-refractivity contribution in [2.45, 2.75) is 26.4 Å². The maximum atomic E-state index is 12.8. The van der Waals surface area contributed by atoms with E-state index in [0.717, 1.165) is 5.56 Å². The van der Waals surface area contributed by atoms with E-state index >= 15 is 0 Å². The molecule has 0 saturated heterocycles. The fourth-order valence-electron chi connectivity index (χ4n) is 2.74. The van der Waals surface area contributed by atoms with Gasteiger partial charge >= 0.3 is 6.03 Å². The van der Waals surface area contributed by atoms with Crippen molar-refractivity contribution in [1.29, 1.82) is 0 Å². The molecule has 4 amide bonds. The van der Waals surface area contributed by atoms with Crippen LogP contribution in [-0.4, -0.2) is 42.4 Å². The number of anilines is 1. The lowest BCUT2D eigenvalue weighted by Crippen LogP contribution is -2.53. The zero-order valence-electron chi connectivity index (χ0n) is 17.0. The highest BCUT2D eigenvalue weighted by molar-refractivity contribution is 5.95. The number of nitrogens with zero attached hydrogens (tertiary/aromatic N) is 1. The maximum absolute atomic E-state index is 12.8. The Hall–Kier alpha value is -3.35. The maximum Gasteiger partial charge on any atom is 0.315 e. The van der Waals surface area contributed by atoms with Crippen molar-refractivity contribution in [2.75, 3.05) is 18.9 Å². The molecule has 0 heterocycles. The van der Waals surface area contributed by atoms with Crippen LogP contribution in [0.1, 0.15) is 19.4 Å². The van der Waals surface area contributed by atoms with Crippen LogP contribution in [0, 0.1) is 5.92 Å². The monoisotopic (exact) mass is 396 g/mol. The summed E-state index contributed by atoms with van der Waals surface area (Å²) in [4.78, 5) is 38.6. The Morgan fingerprint density at radius 1 is 0.931 bits per heavy atom. The predicted molar refractivity (Wildman–Crippen MR) is 113 cm³/mol. The molecular formula is C22H28N4O3. The van der Waals surface area contributed by atoms with Gasteiger partial charge in [0.05, 0.1) is 6.54 Å². The van der Waals surface area contributed by atoms with E-state index in [0.29, 0.717) is 12.2 Å². The van der Waals surface area contributed by atoms with E-state index < -0.39 is 12.1 Å². The third-order valence-corrected chi connectivity index (χ3v) is 4.33. The van der Waals surface area contributed by atoms with Crippen LogP contribution in [0.3, 0.4) is 0 Å². The summed E-state index contributed by atoms with van der Waals surface area (Å²) in [5.41, 5.74) is 1.63. The smallest absolute Gasteiger partial charge is 0.315 e. The minimum atomic E-state index is -0.736. The second kappa shape index (κ2) is 10.8. The minimum absolute atomic E-state index is 0.107. The Morgan fingerprint density at radius 2 is 1.52 bits per heavy atom. The second-order valence-electron chi connectivity index (χ2n) is 7.14. The molecule has 0 aromatic heterocycles. The van der Waals surface area contributed by atoms with Crippen LogP contribution in [0.15, 0.2) is 60.7 Å². The molecule has 154 valence electrons. The number of carbonyl (C=O) groups is 3. The highest BCUT2D eigenvalue weighted by Gasteiger charge is 2.27. The molecule has 0 aliphatic rings. The van der Waals surface area contributed by atoms with E-state index in [-0.39, 0.29) is 24.3 Å². The van der Waals surface area contributed by atoms with Gasteiger partial charge in [0.25, 0.3) is 0 Å². The summed E-state index contributed by atoms with van der Waals surface area (Å²) in [6, 6.07) is 17.4. The number of benzene rings is 2. The first-order valence-corrected chi connectivity index (χ1v) is 9.55. The van der Waals surface area contributed by atoms with Gasteiger partial charge in [0.2, 0.25) is 11.8 Å². The first-order chi connectivity index (χ1) is 13.9. The Kier molecular flexibility index (Phi) is 8.21. The summed E-state index contributed by atoms with van der Waals surface area (Å²) in [7, 11) is 1.55. The molecule has 0 radical (unpaired) electrons. The van der Waals surface area contributed by atoms with Crippen molar-refractivity contribution in [2.24, 2.45) is 5.92 Å². The molecular weight excluding hydrogens is 368 g/mol. The average molecular weight is 396 g/mol. The first kappa shape index (κ1) is 21.9. The Morgan fingerprint density at radius 3 is 2.10 bits per heavy atom. The van der Waals surface area contributed by atoms with Gasteiger partial charge < -0.3 is 20.9 Å². The summed E-state index contributed by atoms with van der Waals surface area (Å²) in [5, 5.41) is 8.21. The number of amides is 4. The summed E-state index contributed by atoms with van der Waals surface area (Å²) in [5.74, 6) is -0.759. The number of urea groups is 1. The van der Waals surface area contributed by atoms with Crippen molar-refractivity contribution in [3.05, 3.63) is 66.2 Å². The number of carbonyl (C=O) groups excluding carboxylic acids is 3. The largest absolute Gasteiger partial charge is 0.335 e. The Labute approximate surface area is 171 Å². The van der Waals surface area contributed by atoms with E-state index in [1.54, 1.807) is 19.2 Å². The highest BCUT2D eigenvalue weighted by atomic mass is 16.2. The van der Waals surface area contributed by atoms with Crippen LogP contribution in [0.25, 0.3) is 0 Å². The van der Waals surface area contributed by atoms with E-state index in [1.165, 1.54) is 4.90 Å². The SMILES string of the molecule is CC(C)C(NC(=O)NCc1ccccc1)C(=O)N(C)CC(=O)Nc1ccccc1. The van der Waals surface area contributed by atoms with Crippen LogP contribution < -0.4 is 16.0 Å². The van der Waals surface area contributed by atoms with Gasteiger partial charge in [0.1, 0.15) is 6.04 Å². The van der Waals surface area contributed by atoms with Crippen molar-refractivity contribution in [3.63, 3.8) is 0 Å². The molecule has 0 aliphatic carbocycles. The van der Waals surface area contributed by atoms with Gasteiger partial charge in [0.15, 0.2) is 0 Å². The molecule has 0 bridgehead atoms. The van der Waals surface area contributed by atoms with Gasteiger partial charge in [-0.3, -0.25) is 9.59 Å². The first-order valence-electron chi connectivity index (χ1n) is 9.55. The normalized spacial score (nSPS) is 11.4. The van der Waals surface area contributed by atoms with Crippen LogP contribution in [0.4, 0.5) is 10.5 Å². The standard InChI is InChI=1S/C22H28N4O3/c1-16(2)20(25-22(29)23-14-17-10-6-4-7-11-17)21(28)26(3)15-19(27)24-18-12-8-5-9-13-18/h4-13,16,20H,14-15H2,1-3H3,(H,24,27)(H2,23,25,29). The molecule has 2 aromatic rings. The zero-order valence-corrected chi connectivity index (χ0v) is 17.0. The van der Waals surface area contributed by atoms with E-state index in [1.807, 2.05) is 62.4 Å². The number of para-hydroxylation sites is 1. The highest BCUT2D eigenvalue weighted by Crippen LogP contribution is 2.08. The van der Waals surface area contributed by atoms with Crippen molar-refractivity contribution in [1.82, 2.24) is 15.5 Å². The third kappa shape index (κ3) is 7.29. The number of hydrogen-bond acceptors (Lipinski definition) is 3. The third-order valence-electron chi connectivity index (χ3n) is 4.33. The molecule has 0 saturated carbocycles. The molecule has 0 aliphatic heterocycles. The van der Waals surface area contributed by atoms with Crippen molar-refractivity contribution in [3.8, 4) is 0 Å². The van der Waals surface area contributed by atoms with E-state index in [4.69, 9.17) is 0 Å². The average Bonchev–Trinajstić information content (AvgIpc) is 2.71. The molecule has 2 aromatic carbocycles. The van der Waals surface area contributed by atoms with Crippen LogP contribution in [0.5, 0.6) is 0 Å². The second-order valence-corrected chi connectivity index (χ2v) is 7.14.